The number of fused-ring (bicyclic) bond motifs is 1. The summed E-state index contributed by atoms with van der Waals surface area (Å²) in [6.45, 7) is 10.1. The Morgan fingerprint density at radius 3 is 2.19 bits per heavy atom. The summed E-state index contributed by atoms with van der Waals surface area (Å²) >= 11 is 0. The number of nitrogens with zero attached hydrogens (tertiary/aromatic N) is 1. The van der Waals surface area contributed by atoms with E-state index in [1.165, 1.54) is 16.6 Å². The van der Waals surface area contributed by atoms with Gasteiger partial charge in [-0.15, -0.1) is 11.5 Å². The SMILES string of the molecule is CC.CC.Cc1cc2c[c-]ccc2n1C.[V]. The maximum atomic E-state index is 3.06. The first-order valence-corrected chi connectivity index (χ1v) is 5.71. The third kappa shape index (κ3) is 4.07. The standard InChI is InChI=1S/C10H10N.2C2H6.V/c1-8-7-9-5-3-4-6-10(9)11(8)2;2*1-2;/h4-7H,1-2H3;2*1-2H3;/q-1;;;. The van der Waals surface area contributed by atoms with E-state index < -0.39 is 0 Å². The number of benzene rings is 1. The molecule has 0 saturated carbocycles. The first kappa shape index (κ1) is 17.7. The van der Waals surface area contributed by atoms with Gasteiger partial charge in [-0.2, -0.15) is 18.2 Å². The Balaban J connectivity index is 0. The van der Waals surface area contributed by atoms with Crippen LogP contribution < -0.4 is 0 Å². The fourth-order valence-corrected chi connectivity index (χ4v) is 1.37. The van der Waals surface area contributed by atoms with Crippen LogP contribution in [0.25, 0.3) is 10.9 Å². The molecule has 0 bridgehead atoms. The van der Waals surface area contributed by atoms with Crippen LogP contribution in [0.4, 0.5) is 0 Å². The molecule has 0 fully saturated rings. The van der Waals surface area contributed by atoms with Gasteiger partial charge in [0.05, 0.1) is 0 Å². The Labute approximate surface area is 112 Å². The molecule has 1 aromatic heterocycles. The summed E-state index contributed by atoms with van der Waals surface area (Å²) in [5.41, 5.74) is 2.57. The normalized spacial score (nSPS) is 8.12. The van der Waals surface area contributed by atoms with E-state index in [9.17, 15) is 0 Å². The monoisotopic (exact) mass is 255 g/mol. The van der Waals surface area contributed by atoms with Crippen LogP contribution in [0.1, 0.15) is 33.4 Å². The van der Waals surface area contributed by atoms with Crippen molar-refractivity contribution in [2.45, 2.75) is 34.6 Å². The summed E-state index contributed by atoms with van der Waals surface area (Å²) < 4.78 is 2.18. The molecule has 1 heterocycles. The molecule has 1 nitrogen and oxygen atoms in total. The third-order valence-corrected chi connectivity index (χ3v) is 2.13. The van der Waals surface area contributed by atoms with Crippen molar-refractivity contribution in [3.05, 3.63) is 36.0 Å². The first-order chi connectivity index (χ1) is 7.29. The first-order valence-electron chi connectivity index (χ1n) is 5.71. The number of hydrogen-bond acceptors (Lipinski definition) is 0. The van der Waals surface area contributed by atoms with Crippen LogP contribution in [0.5, 0.6) is 0 Å². The second-order valence-corrected chi connectivity index (χ2v) is 2.83. The van der Waals surface area contributed by atoms with Crippen LogP contribution in [0.3, 0.4) is 0 Å². The minimum absolute atomic E-state index is 0. The van der Waals surface area contributed by atoms with Crippen LogP contribution >= 0.6 is 0 Å². The van der Waals surface area contributed by atoms with Crippen molar-refractivity contribution in [3.63, 3.8) is 0 Å². The molecule has 0 atom stereocenters. The molecular formula is C14H22NV-. The van der Waals surface area contributed by atoms with Gasteiger partial charge in [0.15, 0.2) is 0 Å². The van der Waals surface area contributed by atoms with Crippen molar-refractivity contribution in [1.29, 1.82) is 0 Å². The Bertz CT molecular complexity index is 391. The number of aryl methyl sites for hydroxylation is 2. The smallest absolute Gasteiger partial charge is 0.00917 e. The zero-order valence-corrected chi connectivity index (χ0v) is 12.6. The third-order valence-electron chi connectivity index (χ3n) is 2.13. The van der Waals surface area contributed by atoms with Crippen molar-refractivity contribution >= 4 is 10.9 Å². The number of aromatic nitrogens is 1. The van der Waals surface area contributed by atoms with Gasteiger partial charge < -0.3 is 4.57 Å². The summed E-state index contributed by atoms with van der Waals surface area (Å²) in [5.74, 6) is 0. The summed E-state index contributed by atoms with van der Waals surface area (Å²) in [6.07, 6.45) is 0. The van der Waals surface area contributed by atoms with Crippen LogP contribution in [0.15, 0.2) is 24.3 Å². The van der Waals surface area contributed by atoms with E-state index in [-0.39, 0.29) is 18.6 Å². The van der Waals surface area contributed by atoms with Crippen LogP contribution in [-0.4, -0.2) is 4.57 Å². The van der Waals surface area contributed by atoms with Crippen molar-refractivity contribution in [2.75, 3.05) is 0 Å². The molecule has 1 aromatic carbocycles. The molecule has 89 valence electrons. The largest absolute Gasteiger partial charge is 0.372 e. The predicted molar refractivity (Wildman–Crippen MR) is 69.2 cm³/mol. The van der Waals surface area contributed by atoms with Crippen LogP contribution in [0.2, 0.25) is 0 Å². The van der Waals surface area contributed by atoms with Crippen LogP contribution in [-0.2, 0) is 25.6 Å². The molecule has 1 radical (unpaired) electrons. The zero-order valence-electron chi connectivity index (χ0n) is 11.2. The molecule has 0 aliphatic rings. The van der Waals surface area contributed by atoms with Crippen LogP contribution in [0, 0.1) is 13.0 Å². The molecule has 0 unspecified atom stereocenters. The maximum absolute atomic E-state index is 3.06. The van der Waals surface area contributed by atoms with E-state index in [1.807, 2.05) is 39.8 Å². The van der Waals surface area contributed by atoms with Crippen molar-refractivity contribution in [2.24, 2.45) is 7.05 Å². The molecule has 0 spiro atoms. The molecule has 0 aliphatic carbocycles. The van der Waals surface area contributed by atoms with Gasteiger partial charge in [-0.3, -0.25) is 0 Å². The van der Waals surface area contributed by atoms with Gasteiger partial charge in [0.1, 0.15) is 0 Å². The average molecular weight is 255 g/mol. The summed E-state index contributed by atoms with van der Waals surface area (Å²) in [5, 5.41) is 1.27. The predicted octanol–water partition coefficient (Wildman–Crippen LogP) is 4.34. The van der Waals surface area contributed by atoms with Gasteiger partial charge >= 0.3 is 0 Å². The molecule has 2 rings (SSSR count). The van der Waals surface area contributed by atoms with Gasteiger partial charge in [-0.05, 0) is 6.92 Å². The maximum Gasteiger partial charge on any atom is 0.00917 e. The topological polar surface area (TPSA) is 4.93 Å². The fourth-order valence-electron chi connectivity index (χ4n) is 1.37. The summed E-state index contributed by atoms with van der Waals surface area (Å²) in [6, 6.07) is 11.3. The van der Waals surface area contributed by atoms with E-state index in [0.29, 0.717) is 0 Å². The average Bonchev–Trinajstić information content (AvgIpc) is 2.61. The van der Waals surface area contributed by atoms with Gasteiger partial charge in [0.2, 0.25) is 0 Å². The van der Waals surface area contributed by atoms with Gasteiger partial charge in [-0.1, -0.05) is 39.3 Å². The minimum atomic E-state index is 0. The van der Waals surface area contributed by atoms with Gasteiger partial charge in [0.25, 0.3) is 0 Å². The van der Waals surface area contributed by atoms with E-state index in [0.717, 1.165) is 0 Å². The quantitative estimate of drug-likeness (QED) is 0.617. The Morgan fingerprint density at radius 1 is 1.12 bits per heavy atom. The zero-order chi connectivity index (χ0) is 11.8. The van der Waals surface area contributed by atoms with E-state index in [1.54, 1.807) is 0 Å². The summed E-state index contributed by atoms with van der Waals surface area (Å²) in [7, 11) is 2.08. The number of rotatable bonds is 0. The van der Waals surface area contributed by atoms with E-state index in [4.69, 9.17) is 0 Å². The molecule has 2 aromatic rings. The molecule has 0 amide bonds. The molecule has 0 saturated heterocycles. The van der Waals surface area contributed by atoms with E-state index in [2.05, 4.69) is 36.7 Å². The Morgan fingerprint density at radius 2 is 1.69 bits per heavy atom. The summed E-state index contributed by atoms with van der Waals surface area (Å²) in [4.78, 5) is 0. The van der Waals surface area contributed by atoms with Crippen molar-refractivity contribution in [1.82, 2.24) is 4.57 Å². The second-order valence-electron chi connectivity index (χ2n) is 2.83. The Hall–Kier alpha value is -0.656. The molecular weight excluding hydrogens is 233 g/mol. The number of hydrogen-bond donors (Lipinski definition) is 0. The van der Waals surface area contributed by atoms with Gasteiger partial charge in [-0.25, -0.2) is 0 Å². The Kier molecular flexibility index (Phi) is 10.6. The molecule has 0 aliphatic heterocycles. The molecule has 16 heavy (non-hydrogen) atoms. The van der Waals surface area contributed by atoms with E-state index >= 15 is 0 Å². The molecule has 2 heteroatoms. The van der Waals surface area contributed by atoms with Crippen molar-refractivity contribution in [3.8, 4) is 0 Å². The molecule has 0 N–H and O–H groups in total. The second kappa shape index (κ2) is 9.56. The van der Waals surface area contributed by atoms with Gasteiger partial charge in [0, 0.05) is 31.3 Å². The van der Waals surface area contributed by atoms with Crippen molar-refractivity contribution < 1.29 is 18.6 Å². The minimum Gasteiger partial charge on any atom is -0.372 e. The fraction of sp³-hybridized carbons (Fsp3) is 0.429.